The monoisotopic (exact) mass is 295 g/mol. The lowest BCUT2D eigenvalue weighted by atomic mass is 10.1. The van der Waals surface area contributed by atoms with Crippen LogP contribution in [0.1, 0.15) is 18.5 Å². The number of nitrogens with one attached hydrogen (secondary N) is 1. The van der Waals surface area contributed by atoms with Gasteiger partial charge in [0.05, 0.1) is 6.54 Å². The first-order chi connectivity index (χ1) is 9.58. The lowest BCUT2D eigenvalue weighted by Crippen LogP contribution is -2.49. The Morgan fingerprint density at radius 2 is 1.95 bits per heavy atom. The summed E-state index contributed by atoms with van der Waals surface area (Å²) in [4.78, 5) is 16.3. The molecule has 0 aliphatic carbocycles. The zero-order valence-electron chi connectivity index (χ0n) is 12.1. The number of rotatable bonds is 4. The Hall–Kier alpha value is -1.10. The number of halogens is 1. The fourth-order valence-corrected chi connectivity index (χ4v) is 2.64. The highest BCUT2D eigenvalue weighted by atomic mass is 35.5. The molecule has 110 valence electrons. The maximum absolute atomic E-state index is 12.1. The zero-order valence-corrected chi connectivity index (χ0v) is 12.9. The topological polar surface area (TPSA) is 35.6 Å². The van der Waals surface area contributed by atoms with Crippen LogP contribution in [0, 0.1) is 0 Å². The molecule has 1 amide bonds. The molecular weight excluding hydrogens is 274 g/mol. The molecule has 5 heteroatoms. The average Bonchev–Trinajstić information content (AvgIpc) is 2.45. The summed E-state index contributed by atoms with van der Waals surface area (Å²) in [5, 5.41) is 3.99. The van der Waals surface area contributed by atoms with Gasteiger partial charge in [-0.15, -0.1) is 0 Å². The number of carbonyl (C=O) groups is 1. The first kappa shape index (κ1) is 15.3. The first-order valence-electron chi connectivity index (χ1n) is 7.02. The summed E-state index contributed by atoms with van der Waals surface area (Å²) in [7, 11) is 2.08. The second kappa shape index (κ2) is 7.07. The summed E-state index contributed by atoms with van der Waals surface area (Å²) in [6.07, 6.45) is 0. The molecule has 0 saturated carbocycles. The minimum atomic E-state index is 0.0696. The maximum atomic E-state index is 12.1. The molecule has 0 unspecified atom stereocenters. The number of carbonyl (C=O) groups excluding carboxylic acids is 1. The highest BCUT2D eigenvalue weighted by Crippen LogP contribution is 2.21. The molecule has 1 atom stereocenters. The number of hydrogen-bond donors (Lipinski definition) is 1. The van der Waals surface area contributed by atoms with Gasteiger partial charge in [0.15, 0.2) is 0 Å². The highest BCUT2D eigenvalue weighted by molar-refractivity contribution is 6.31. The third-order valence-corrected chi connectivity index (χ3v) is 4.13. The molecule has 1 saturated heterocycles. The molecular formula is C15H22ClN3O. The molecule has 1 aromatic carbocycles. The van der Waals surface area contributed by atoms with Crippen LogP contribution in [-0.4, -0.2) is 55.5 Å². The minimum Gasteiger partial charge on any atom is -0.339 e. The van der Waals surface area contributed by atoms with E-state index in [1.165, 1.54) is 0 Å². The Morgan fingerprint density at radius 3 is 2.60 bits per heavy atom. The summed E-state index contributed by atoms with van der Waals surface area (Å²) >= 11 is 6.16. The molecule has 0 radical (unpaired) electrons. The zero-order chi connectivity index (χ0) is 14.5. The van der Waals surface area contributed by atoms with Gasteiger partial charge in [-0.3, -0.25) is 4.79 Å². The van der Waals surface area contributed by atoms with E-state index in [2.05, 4.69) is 17.3 Å². The van der Waals surface area contributed by atoms with Crippen LogP contribution < -0.4 is 5.32 Å². The van der Waals surface area contributed by atoms with Crippen LogP contribution in [0.3, 0.4) is 0 Å². The van der Waals surface area contributed by atoms with Crippen LogP contribution in [0.15, 0.2) is 24.3 Å². The Bertz CT molecular complexity index is 458. The summed E-state index contributed by atoms with van der Waals surface area (Å²) in [6, 6.07) is 7.80. The molecule has 0 spiro atoms. The van der Waals surface area contributed by atoms with Crippen molar-refractivity contribution in [1.29, 1.82) is 0 Å². The molecule has 2 rings (SSSR count). The molecule has 0 aromatic heterocycles. The van der Waals surface area contributed by atoms with Gasteiger partial charge < -0.3 is 15.1 Å². The summed E-state index contributed by atoms with van der Waals surface area (Å²) in [6.45, 7) is 5.92. The van der Waals surface area contributed by atoms with Gasteiger partial charge in [0.2, 0.25) is 5.91 Å². The van der Waals surface area contributed by atoms with Gasteiger partial charge in [0.25, 0.3) is 0 Å². The van der Waals surface area contributed by atoms with Crippen LogP contribution in [0.5, 0.6) is 0 Å². The van der Waals surface area contributed by atoms with Crippen molar-refractivity contribution in [2.75, 3.05) is 39.8 Å². The Morgan fingerprint density at radius 1 is 1.30 bits per heavy atom. The van der Waals surface area contributed by atoms with E-state index in [4.69, 9.17) is 11.6 Å². The molecule has 1 heterocycles. The van der Waals surface area contributed by atoms with E-state index in [1.807, 2.05) is 36.1 Å². The fourth-order valence-electron chi connectivity index (χ4n) is 2.34. The molecule has 1 aliphatic heterocycles. The Kier molecular flexibility index (Phi) is 5.40. The van der Waals surface area contributed by atoms with Gasteiger partial charge in [0.1, 0.15) is 0 Å². The largest absolute Gasteiger partial charge is 0.339 e. The lowest BCUT2D eigenvalue weighted by molar-refractivity contribution is -0.131. The number of benzene rings is 1. The Balaban J connectivity index is 1.83. The number of likely N-dealkylation sites (N-methyl/N-ethyl adjacent to an activating group) is 1. The van der Waals surface area contributed by atoms with Gasteiger partial charge in [-0.2, -0.15) is 0 Å². The van der Waals surface area contributed by atoms with Gasteiger partial charge in [0, 0.05) is 37.2 Å². The second-order valence-corrected chi connectivity index (χ2v) is 5.72. The van der Waals surface area contributed by atoms with Crippen LogP contribution in [-0.2, 0) is 4.79 Å². The van der Waals surface area contributed by atoms with Gasteiger partial charge in [-0.05, 0) is 25.6 Å². The maximum Gasteiger partial charge on any atom is 0.236 e. The first-order valence-corrected chi connectivity index (χ1v) is 7.40. The van der Waals surface area contributed by atoms with E-state index < -0.39 is 0 Å². The van der Waals surface area contributed by atoms with Crippen molar-refractivity contribution < 1.29 is 4.79 Å². The summed E-state index contributed by atoms with van der Waals surface area (Å²) < 4.78 is 0. The molecule has 1 N–H and O–H groups in total. The van der Waals surface area contributed by atoms with Crippen LogP contribution in [0.2, 0.25) is 5.02 Å². The van der Waals surface area contributed by atoms with Crippen molar-refractivity contribution >= 4 is 17.5 Å². The standard InChI is InChI=1S/C15H22ClN3O/c1-12(13-5-3-4-6-14(13)16)17-11-15(20)19-9-7-18(2)8-10-19/h3-6,12,17H,7-11H2,1-2H3/t12-/m1/s1. The lowest BCUT2D eigenvalue weighted by Gasteiger charge is -2.32. The van der Waals surface area contributed by atoms with Crippen molar-refractivity contribution in [3.63, 3.8) is 0 Å². The molecule has 0 bridgehead atoms. The van der Waals surface area contributed by atoms with Crippen molar-refractivity contribution in [2.24, 2.45) is 0 Å². The van der Waals surface area contributed by atoms with E-state index in [9.17, 15) is 4.79 Å². The second-order valence-electron chi connectivity index (χ2n) is 5.31. The predicted octanol–water partition coefficient (Wildman–Crippen LogP) is 1.76. The van der Waals surface area contributed by atoms with Gasteiger partial charge in [-0.1, -0.05) is 29.8 Å². The van der Waals surface area contributed by atoms with Crippen LogP contribution >= 0.6 is 11.6 Å². The van der Waals surface area contributed by atoms with Gasteiger partial charge in [-0.25, -0.2) is 0 Å². The average molecular weight is 296 g/mol. The third kappa shape index (κ3) is 3.95. The van der Waals surface area contributed by atoms with Crippen molar-refractivity contribution in [1.82, 2.24) is 15.1 Å². The van der Waals surface area contributed by atoms with Crippen LogP contribution in [0.25, 0.3) is 0 Å². The molecule has 1 aliphatic rings. The van der Waals surface area contributed by atoms with E-state index in [0.717, 1.165) is 36.8 Å². The third-order valence-electron chi connectivity index (χ3n) is 3.79. The SMILES string of the molecule is C[C@@H](NCC(=O)N1CCN(C)CC1)c1ccccc1Cl. The number of piperazine rings is 1. The quantitative estimate of drug-likeness (QED) is 0.919. The summed E-state index contributed by atoms with van der Waals surface area (Å²) in [5.41, 5.74) is 1.03. The molecule has 20 heavy (non-hydrogen) atoms. The van der Waals surface area contributed by atoms with Crippen LogP contribution in [0.4, 0.5) is 0 Å². The molecule has 4 nitrogen and oxygen atoms in total. The van der Waals surface area contributed by atoms with E-state index in [-0.39, 0.29) is 11.9 Å². The minimum absolute atomic E-state index is 0.0696. The smallest absolute Gasteiger partial charge is 0.236 e. The highest BCUT2D eigenvalue weighted by Gasteiger charge is 2.19. The number of hydrogen-bond acceptors (Lipinski definition) is 3. The van der Waals surface area contributed by atoms with Crippen molar-refractivity contribution in [3.05, 3.63) is 34.9 Å². The number of amides is 1. The van der Waals surface area contributed by atoms with E-state index in [1.54, 1.807) is 0 Å². The van der Waals surface area contributed by atoms with Gasteiger partial charge >= 0.3 is 0 Å². The van der Waals surface area contributed by atoms with Crippen molar-refractivity contribution in [3.8, 4) is 0 Å². The number of nitrogens with zero attached hydrogens (tertiary/aromatic N) is 2. The predicted molar refractivity (Wildman–Crippen MR) is 81.9 cm³/mol. The van der Waals surface area contributed by atoms with E-state index >= 15 is 0 Å². The van der Waals surface area contributed by atoms with Crippen molar-refractivity contribution in [2.45, 2.75) is 13.0 Å². The van der Waals surface area contributed by atoms with E-state index in [0.29, 0.717) is 6.54 Å². The Labute approximate surface area is 125 Å². The molecule has 1 aromatic rings. The fraction of sp³-hybridized carbons (Fsp3) is 0.533. The molecule has 1 fully saturated rings. The summed E-state index contributed by atoms with van der Waals surface area (Å²) in [5.74, 6) is 0.164. The normalized spacial score (nSPS) is 18.1.